The van der Waals surface area contributed by atoms with Gasteiger partial charge in [-0.25, -0.2) is 0 Å². The number of alkyl halides is 3. The molecule has 2 rings (SSSR count). The maximum atomic E-state index is 12.4. The SMILES string of the molecule is COCCOc1cc(NC(=O)c2ccc(COCC(F)(F)F)cc2)ccc1OC. The highest BCUT2D eigenvalue weighted by Gasteiger charge is 2.27. The van der Waals surface area contributed by atoms with Crippen LogP contribution < -0.4 is 14.8 Å². The Morgan fingerprint density at radius 3 is 2.34 bits per heavy atom. The Hall–Kier alpha value is -2.78. The van der Waals surface area contributed by atoms with Crippen LogP contribution in [-0.4, -0.2) is 46.1 Å². The maximum absolute atomic E-state index is 12.4. The highest BCUT2D eigenvalue weighted by atomic mass is 19.4. The molecule has 2 aromatic carbocycles. The average Bonchev–Trinajstić information content (AvgIpc) is 2.68. The molecule has 0 saturated carbocycles. The van der Waals surface area contributed by atoms with Gasteiger partial charge in [-0.15, -0.1) is 0 Å². The number of anilines is 1. The molecule has 1 amide bonds. The van der Waals surface area contributed by atoms with Crippen LogP contribution in [0.2, 0.25) is 0 Å². The standard InChI is InChI=1S/C20H22F3NO5/c1-26-9-10-29-18-11-16(7-8-17(18)27-2)24-19(25)15-5-3-14(4-6-15)12-28-13-20(21,22)23/h3-8,11H,9-10,12-13H2,1-2H3,(H,24,25). The average molecular weight is 413 g/mol. The Labute approximate surface area is 166 Å². The molecule has 6 nitrogen and oxygen atoms in total. The fourth-order valence-electron chi connectivity index (χ4n) is 2.34. The second-order valence-corrected chi connectivity index (χ2v) is 5.97. The van der Waals surface area contributed by atoms with E-state index in [1.807, 2.05) is 0 Å². The summed E-state index contributed by atoms with van der Waals surface area (Å²) in [7, 11) is 3.07. The molecule has 0 heterocycles. The van der Waals surface area contributed by atoms with Crippen molar-refractivity contribution >= 4 is 11.6 Å². The van der Waals surface area contributed by atoms with Gasteiger partial charge in [-0.05, 0) is 29.8 Å². The Morgan fingerprint density at radius 1 is 1.00 bits per heavy atom. The van der Waals surface area contributed by atoms with E-state index in [9.17, 15) is 18.0 Å². The zero-order chi connectivity index (χ0) is 21.3. The lowest BCUT2D eigenvalue weighted by molar-refractivity contribution is -0.176. The van der Waals surface area contributed by atoms with Crippen molar-refractivity contribution in [2.45, 2.75) is 12.8 Å². The van der Waals surface area contributed by atoms with E-state index < -0.39 is 12.8 Å². The van der Waals surface area contributed by atoms with Crippen LogP contribution in [0, 0.1) is 0 Å². The van der Waals surface area contributed by atoms with Crippen molar-refractivity contribution in [3.05, 3.63) is 53.6 Å². The summed E-state index contributed by atoms with van der Waals surface area (Å²) in [6.07, 6.45) is -4.37. The minimum absolute atomic E-state index is 0.192. The molecule has 2 aromatic rings. The number of carbonyl (C=O) groups is 1. The zero-order valence-electron chi connectivity index (χ0n) is 16.0. The lowest BCUT2D eigenvalue weighted by Gasteiger charge is -2.13. The van der Waals surface area contributed by atoms with Gasteiger partial charge in [0.1, 0.15) is 13.2 Å². The molecular formula is C20H22F3NO5. The van der Waals surface area contributed by atoms with E-state index in [4.69, 9.17) is 14.2 Å². The van der Waals surface area contributed by atoms with Gasteiger partial charge >= 0.3 is 6.18 Å². The normalized spacial score (nSPS) is 11.2. The first-order chi connectivity index (χ1) is 13.8. The highest BCUT2D eigenvalue weighted by molar-refractivity contribution is 6.04. The fourth-order valence-corrected chi connectivity index (χ4v) is 2.34. The smallest absolute Gasteiger partial charge is 0.411 e. The molecule has 1 N–H and O–H groups in total. The van der Waals surface area contributed by atoms with Crippen molar-refractivity contribution in [1.29, 1.82) is 0 Å². The molecule has 0 saturated heterocycles. The van der Waals surface area contributed by atoms with E-state index in [0.717, 1.165) is 0 Å². The second-order valence-electron chi connectivity index (χ2n) is 5.97. The molecule has 0 fully saturated rings. The summed E-state index contributed by atoms with van der Waals surface area (Å²) in [4.78, 5) is 12.4. The first kappa shape index (κ1) is 22.5. The molecule has 0 bridgehead atoms. The first-order valence-electron chi connectivity index (χ1n) is 8.67. The third-order valence-corrected chi connectivity index (χ3v) is 3.72. The van der Waals surface area contributed by atoms with Crippen LogP contribution in [0.3, 0.4) is 0 Å². The summed E-state index contributed by atoms with van der Waals surface area (Å²) in [6, 6.07) is 11.1. The molecule has 9 heteroatoms. The van der Waals surface area contributed by atoms with Crippen molar-refractivity contribution < 1.29 is 36.9 Å². The summed E-state index contributed by atoms with van der Waals surface area (Å²) in [5.74, 6) is 0.600. The van der Waals surface area contributed by atoms with E-state index in [1.165, 1.54) is 19.2 Å². The molecule has 0 atom stereocenters. The molecule has 0 aliphatic carbocycles. The van der Waals surface area contributed by atoms with Gasteiger partial charge in [-0.2, -0.15) is 13.2 Å². The van der Waals surface area contributed by atoms with E-state index >= 15 is 0 Å². The number of rotatable bonds is 10. The number of nitrogens with one attached hydrogen (secondary N) is 1. The molecule has 0 aliphatic rings. The Bertz CT molecular complexity index is 794. The number of ether oxygens (including phenoxy) is 4. The molecule has 0 spiro atoms. The number of carbonyl (C=O) groups excluding carboxylic acids is 1. The minimum Gasteiger partial charge on any atom is -0.493 e. The van der Waals surface area contributed by atoms with Gasteiger partial charge in [-0.3, -0.25) is 4.79 Å². The number of hydrogen-bond acceptors (Lipinski definition) is 5. The Balaban J connectivity index is 1.97. The maximum Gasteiger partial charge on any atom is 0.411 e. The van der Waals surface area contributed by atoms with Gasteiger partial charge < -0.3 is 24.3 Å². The van der Waals surface area contributed by atoms with E-state index in [-0.39, 0.29) is 12.5 Å². The van der Waals surface area contributed by atoms with Crippen molar-refractivity contribution in [2.75, 3.05) is 39.4 Å². The summed E-state index contributed by atoms with van der Waals surface area (Å²) in [5, 5.41) is 2.74. The topological polar surface area (TPSA) is 66.0 Å². The second kappa shape index (κ2) is 10.7. The first-order valence-corrected chi connectivity index (χ1v) is 8.67. The molecule has 0 radical (unpaired) electrons. The lowest BCUT2D eigenvalue weighted by atomic mass is 10.1. The van der Waals surface area contributed by atoms with Crippen molar-refractivity contribution in [3.63, 3.8) is 0 Å². The Morgan fingerprint density at radius 2 is 1.72 bits per heavy atom. The molecular weight excluding hydrogens is 391 g/mol. The van der Waals surface area contributed by atoms with E-state index in [2.05, 4.69) is 10.1 Å². The predicted octanol–water partition coefficient (Wildman–Crippen LogP) is 4.05. The Kier molecular flexibility index (Phi) is 8.29. The van der Waals surface area contributed by atoms with Crippen LogP contribution in [0.25, 0.3) is 0 Å². The monoisotopic (exact) mass is 413 g/mol. The van der Waals surface area contributed by atoms with E-state index in [1.54, 1.807) is 37.4 Å². The minimum atomic E-state index is -4.37. The molecule has 0 aromatic heterocycles. The van der Waals surface area contributed by atoms with Gasteiger partial charge in [0.25, 0.3) is 5.91 Å². The van der Waals surface area contributed by atoms with Crippen LogP contribution in [-0.2, 0) is 16.1 Å². The third kappa shape index (κ3) is 7.63. The van der Waals surface area contributed by atoms with Crippen molar-refractivity contribution in [2.24, 2.45) is 0 Å². The molecule has 0 aliphatic heterocycles. The number of hydrogen-bond donors (Lipinski definition) is 1. The number of methoxy groups -OCH3 is 2. The quantitative estimate of drug-likeness (QED) is 0.596. The van der Waals surface area contributed by atoms with Crippen LogP contribution in [0.1, 0.15) is 15.9 Å². The van der Waals surface area contributed by atoms with Crippen molar-refractivity contribution in [3.8, 4) is 11.5 Å². The summed E-state index contributed by atoms with van der Waals surface area (Å²) in [6.45, 7) is -0.787. The molecule has 0 unspecified atom stereocenters. The third-order valence-electron chi connectivity index (χ3n) is 3.72. The van der Waals surface area contributed by atoms with E-state index in [0.29, 0.717) is 41.5 Å². The van der Waals surface area contributed by atoms with Gasteiger partial charge in [0.05, 0.1) is 20.3 Å². The highest BCUT2D eigenvalue weighted by Crippen LogP contribution is 2.30. The molecule has 29 heavy (non-hydrogen) atoms. The fraction of sp³-hybridized carbons (Fsp3) is 0.350. The van der Waals surface area contributed by atoms with Crippen molar-refractivity contribution in [1.82, 2.24) is 0 Å². The number of amides is 1. The van der Waals surface area contributed by atoms with Gasteiger partial charge in [0.2, 0.25) is 0 Å². The number of benzene rings is 2. The largest absolute Gasteiger partial charge is 0.493 e. The predicted molar refractivity (Wildman–Crippen MR) is 100 cm³/mol. The van der Waals surface area contributed by atoms with Gasteiger partial charge in [0.15, 0.2) is 11.5 Å². The van der Waals surface area contributed by atoms with Crippen LogP contribution in [0.5, 0.6) is 11.5 Å². The zero-order valence-corrected chi connectivity index (χ0v) is 16.0. The lowest BCUT2D eigenvalue weighted by Crippen LogP contribution is -2.16. The van der Waals surface area contributed by atoms with Crippen LogP contribution >= 0.6 is 0 Å². The van der Waals surface area contributed by atoms with Crippen LogP contribution in [0.4, 0.5) is 18.9 Å². The number of halogens is 3. The van der Waals surface area contributed by atoms with Crippen LogP contribution in [0.15, 0.2) is 42.5 Å². The van der Waals surface area contributed by atoms with Gasteiger partial charge in [0, 0.05) is 24.4 Å². The summed E-state index contributed by atoms with van der Waals surface area (Å²) in [5.41, 5.74) is 1.38. The van der Waals surface area contributed by atoms with Gasteiger partial charge in [-0.1, -0.05) is 12.1 Å². The molecule has 158 valence electrons. The summed E-state index contributed by atoms with van der Waals surface area (Å²) < 4.78 is 56.6. The summed E-state index contributed by atoms with van der Waals surface area (Å²) >= 11 is 0.